The van der Waals surface area contributed by atoms with Crippen LogP contribution in [0.3, 0.4) is 0 Å². The number of carbonyl (C=O) groups is 2. The van der Waals surface area contributed by atoms with Gasteiger partial charge >= 0.3 is 12.1 Å². The van der Waals surface area contributed by atoms with Crippen molar-refractivity contribution in [2.45, 2.75) is 19.3 Å². The molecule has 0 unspecified atom stereocenters. The van der Waals surface area contributed by atoms with Crippen LogP contribution in [0.4, 0.5) is 13.2 Å². The second kappa shape index (κ2) is 9.54. The number of hydrogen-bond donors (Lipinski definition) is 3. The van der Waals surface area contributed by atoms with E-state index in [2.05, 4.69) is 26.4 Å². The number of nitrogens with one attached hydrogen (secondary N) is 2. The van der Waals surface area contributed by atoms with Crippen molar-refractivity contribution in [2.24, 2.45) is 0 Å². The lowest BCUT2D eigenvalue weighted by atomic mass is 10.3. The summed E-state index contributed by atoms with van der Waals surface area (Å²) in [6, 6.07) is 5.65. The van der Waals surface area contributed by atoms with Gasteiger partial charge in [0.15, 0.2) is 0 Å². The Kier molecular flexibility index (Phi) is 7.34. The van der Waals surface area contributed by atoms with E-state index < -0.39 is 12.1 Å². The molecule has 30 heavy (non-hydrogen) atoms. The molecule has 0 saturated heterocycles. The zero-order chi connectivity index (χ0) is 22.5. The molecule has 0 bridgehead atoms. The Bertz CT molecular complexity index is 1090. The molecule has 0 aliphatic carbocycles. The summed E-state index contributed by atoms with van der Waals surface area (Å²) >= 11 is 1.67. The average molecular weight is 445 g/mol. The second-order valence-electron chi connectivity index (χ2n) is 6.22. The standard InChI is InChI=1S/C15H17N5O2S.C2HF3O2/c1-19(2)9-11-4-3-10(23-11)7-16-15(22)13-8-17-14(21)12-5-6-18-20(12)13;3-2(4,5)1(6)7/h3-6,8H,7,9H2,1-2H3,(H,16,22)(H,17,21);(H,6,7). The highest BCUT2D eigenvalue weighted by Gasteiger charge is 2.38. The summed E-state index contributed by atoms with van der Waals surface area (Å²) in [6.45, 7) is 1.32. The van der Waals surface area contributed by atoms with Crippen molar-refractivity contribution in [3.05, 3.63) is 56.4 Å². The molecule has 9 nitrogen and oxygen atoms in total. The molecule has 13 heteroatoms. The molecule has 0 aliphatic rings. The number of halogens is 3. The summed E-state index contributed by atoms with van der Waals surface area (Å²) in [5.41, 5.74) is 0.377. The van der Waals surface area contributed by atoms with Crippen LogP contribution in [0.15, 0.2) is 35.4 Å². The normalized spacial score (nSPS) is 11.3. The van der Waals surface area contributed by atoms with Gasteiger partial charge in [-0.2, -0.15) is 18.3 Å². The van der Waals surface area contributed by atoms with Gasteiger partial charge in [0.1, 0.15) is 11.2 Å². The highest BCUT2D eigenvalue weighted by atomic mass is 32.1. The number of H-pyrrole nitrogens is 1. The van der Waals surface area contributed by atoms with Crippen molar-refractivity contribution in [2.75, 3.05) is 14.1 Å². The number of carboxylic acid groups (broad SMARTS) is 1. The molecular weight excluding hydrogens is 427 g/mol. The number of aromatic nitrogens is 3. The zero-order valence-corrected chi connectivity index (χ0v) is 16.7. The third-order valence-corrected chi connectivity index (χ3v) is 4.60. The molecule has 3 heterocycles. The second-order valence-corrected chi connectivity index (χ2v) is 7.48. The first-order valence-electron chi connectivity index (χ1n) is 8.35. The molecule has 0 spiro atoms. The van der Waals surface area contributed by atoms with E-state index in [-0.39, 0.29) is 11.5 Å². The van der Waals surface area contributed by atoms with E-state index in [1.54, 1.807) is 17.4 Å². The number of fused-ring (bicyclic) bond motifs is 1. The highest BCUT2D eigenvalue weighted by Crippen LogP contribution is 2.17. The van der Waals surface area contributed by atoms with Crippen molar-refractivity contribution < 1.29 is 27.9 Å². The lowest BCUT2D eigenvalue weighted by Crippen LogP contribution is -2.27. The third-order valence-electron chi connectivity index (χ3n) is 3.53. The van der Waals surface area contributed by atoms with E-state index in [0.717, 1.165) is 11.4 Å². The Hall–Kier alpha value is -3.19. The lowest BCUT2D eigenvalue weighted by Gasteiger charge is -2.07. The lowest BCUT2D eigenvalue weighted by molar-refractivity contribution is -0.192. The first-order chi connectivity index (χ1) is 14.0. The Morgan fingerprint density at radius 1 is 1.27 bits per heavy atom. The number of carboxylic acids is 1. The number of amides is 1. The number of aliphatic carboxylic acids is 1. The number of hydrogen-bond acceptors (Lipinski definition) is 6. The number of alkyl halides is 3. The van der Waals surface area contributed by atoms with Gasteiger partial charge in [0.2, 0.25) is 0 Å². The maximum atomic E-state index is 12.3. The smallest absolute Gasteiger partial charge is 0.475 e. The van der Waals surface area contributed by atoms with Crippen LogP contribution in [0.5, 0.6) is 0 Å². The van der Waals surface area contributed by atoms with Crippen molar-refractivity contribution in [1.29, 1.82) is 0 Å². The van der Waals surface area contributed by atoms with Crippen molar-refractivity contribution in [3.8, 4) is 0 Å². The van der Waals surface area contributed by atoms with E-state index in [4.69, 9.17) is 9.90 Å². The molecule has 0 aromatic carbocycles. The first kappa shape index (κ1) is 23.1. The maximum absolute atomic E-state index is 12.3. The van der Waals surface area contributed by atoms with Gasteiger partial charge in [0.25, 0.3) is 11.5 Å². The Morgan fingerprint density at radius 2 is 1.90 bits per heavy atom. The van der Waals surface area contributed by atoms with E-state index >= 15 is 0 Å². The van der Waals surface area contributed by atoms with Gasteiger partial charge in [-0.05, 0) is 32.3 Å². The molecule has 0 aliphatic heterocycles. The number of rotatable bonds is 5. The van der Waals surface area contributed by atoms with E-state index in [1.807, 2.05) is 20.2 Å². The number of carbonyl (C=O) groups excluding carboxylic acids is 1. The summed E-state index contributed by atoms with van der Waals surface area (Å²) < 4.78 is 33.1. The van der Waals surface area contributed by atoms with E-state index in [9.17, 15) is 22.8 Å². The predicted molar refractivity (Wildman–Crippen MR) is 102 cm³/mol. The van der Waals surface area contributed by atoms with Crippen LogP contribution in [0.1, 0.15) is 20.2 Å². The van der Waals surface area contributed by atoms with Crippen LogP contribution in [-0.2, 0) is 17.9 Å². The van der Waals surface area contributed by atoms with Gasteiger partial charge < -0.3 is 20.3 Å². The predicted octanol–water partition coefficient (Wildman–Crippen LogP) is 1.71. The van der Waals surface area contributed by atoms with Gasteiger partial charge in [-0.15, -0.1) is 11.3 Å². The average Bonchev–Trinajstić information content (AvgIpc) is 3.29. The minimum Gasteiger partial charge on any atom is -0.475 e. The Balaban J connectivity index is 0.000000396. The number of thiophene rings is 1. The van der Waals surface area contributed by atoms with Gasteiger partial charge in [0.05, 0.1) is 12.7 Å². The van der Waals surface area contributed by atoms with Crippen molar-refractivity contribution in [3.63, 3.8) is 0 Å². The van der Waals surface area contributed by atoms with Crippen LogP contribution >= 0.6 is 11.3 Å². The fourth-order valence-corrected chi connectivity index (χ4v) is 3.35. The Morgan fingerprint density at radius 3 is 2.50 bits per heavy atom. The van der Waals surface area contributed by atoms with Crippen LogP contribution < -0.4 is 10.9 Å². The van der Waals surface area contributed by atoms with Crippen LogP contribution in [0, 0.1) is 0 Å². The van der Waals surface area contributed by atoms with Crippen molar-refractivity contribution in [1.82, 2.24) is 24.8 Å². The Labute approximate surface area is 171 Å². The van der Waals surface area contributed by atoms with E-state index in [0.29, 0.717) is 17.8 Å². The van der Waals surface area contributed by atoms with Gasteiger partial charge in [-0.1, -0.05) is 0 Å². The molecule has 0 fully saturated rings. The quantitative estimate of drug-likeness (QED) is 0.550. The van der Waals surface area contributed by atoms with Crippen molar-refractivity contribution >= 4 is 28.7 Å². The SMILES string of the molecule is CN(C)Cc1ccc(CNC(=O)c2c[nH]c(=O)c3ccnn23)s1.O=C(O)C(F)(F)F. The fourth-order valence-electron chi connectivity index (χ4n) is 2.27. The molecule has 0 atom stereocenters. The zero-order valence-electron chi connectivity index (χ0n) is 15.9. The summed E-state index contributed by atoms with van der Waals surface area (Å²) in [5.74, 6) is -3.04. The molecule has 3 aromatic rings. The van der Waals surface area contributed by atoms with Crippen LogP contribution in [0.25, 0.3) is 5.52 Å². The topological polar surface area (TPSA) is 120 Å². The maximum Gasteiger partial charge on any atom is 0.490 e. The molecule has 3 aromatic heterocycles. The number of nitrogens with zero attached hydrogens (tertiary/aromatic N) is 3. The monoisotopic (exact) mass is 445 g/mol. The molecule has 162 valence electrons. The molecule has 0 radical (unpaired) electrons. The largest absolute Gasteiger partial charge is 0.490 e. The summed E-state index contributed by atoms with van der Waals surface area (Å²) in [5, 5.41) is 14.0. The van der Waals surface area contributed by atoms with Crippen LogP contribution in [0.2, 0.25) is 0 Å². The van der Waals surface area contributed by atoms with Gasteiger partial charge in [-0.3, -0.25) is 9.59 Å². The van der Waals surface area contributed by atoms with Crippen LogP contribution in [-0.4, -0.2) is 56.8 Å². The summed E-state index contributed by atoms with van der Waals surface area (Å²) in [7, 11) is 4.04. The molecule has 3 N–H and O–H groups in total. The number of aromatic amines is 1. The van der Waals surface area contributed by atoms with E-state index in [1.165, 1.54) is 21.8 Å². The molecule has 1 amide bonds. The summed E-state index contributed by atoms with van der Waals surface area (Å²) in [6.07, 6.45) is -2.21. The van der Waals surface area contributed by atoms with Gasteiger partial charge in [0, 0.05) is 22.5 Å². The fraction of sp³-hybridized carbons (Fsp3) is 0.294. The molecular formula is C17H18F3N5O4S. The highest BCUT2D eigenvalue weighted by molar-refractivity contribution is 7.11. The van der Waals surface area contributed by atoms with Gasteiger partial charge in [-0.25, -0.2) is 9.31 Å². The minimum atomic E-state index is -5.08. The third kappa shape index (κ3) is 6.15. The summed E-state index contributed by atoms with van der Waals surface area (Å²) in [4.78, 5) is 39.8. The minimum absolute atomic E-state index is 0.273. The first-order valence-corrected chi connectivity index (χ1v) is 9.16. The molecule has 3 rings (SSSR count). The molecule has 0 saturated carbocycles.